The molecule has 0 aliphatic carbocycles. The quantitative estimate of drug-likeness (QED) is 0.723. The second-order valence-electron chi connectivity index (χ2n) is 5.40. The molecule has 108 valence electrons. The lowest BCUT2D eigenvalue weighted by Gasteiger charge is -2.14. The number of hydrogen-bond acceptors (Lipinski definition) is 1. The maximum Gasteiger partial charge on any atom is 0.130 e. The summed E-state index contributed by atoms with van der Waals surface area (Å²) >= 11 is 9.96. The Bertz CT molecular complexity index is 592. The number of hydrogen-bond donors (Lipinski definition) is 0. The molecule has 0 saturated heterocycles. The van der Waals surface area contributed by atoms with E-state index in [4.69, 9.17) is 11.6 Å². The van der Waals surface area contributed by atoms with Crippen molar-refractivity contribution in [1.82, 2.24) is 9.78 Å². The summed E-state index contributed by atoms with van der Waals surface area (Å²) in [5, 5.41) is 6.11. The molecule has 0 fully saturated rings. The van der Waals surface area contributed by atoms with Crippen LogP contribution in [0.25, 0.3) is 0 Å². The molecule has 0 aliphatic heterocycles. The summed E-state index contributed by atoms with van der Waals surface area (Å²) in [6.07, 6.45) is 2.01. The van der Waals surface area contributed by atoms with Gasteiger partial charge in [-0.3, -0.25) is 4.68 Å². The summed E-state index contributed by atoms with van der Waals surface area (Å²) < 4.78 is 1.75. The molecule has 0 saturated carbocycles. The zero-order chi connectivity index (χ0) is 14.7. The van der Waals surface area contributed by atoms with Crippen molar-refractivity contribution in [3.63, 3.8) is 0 Å². The highest BCUT2D eigenvalue weighted by Crippen LogP contribution is 2.25. The van der Waals surface area contributed by atoms with Crippen molar-refractivity contribution >= 4 is 27.5 Å². The highest BCUT2D eigenvalue weighted by molar-refractivity contribution is 9.09. The third-order valence-corrected chi connectivity index (χ3v) is 4.98. The van der Waals surface area contributed by atoms with E-state index in [1.807, 2.05) is 14.0 Å². The van der Waals surface area contributed by atoms with Crippen LogP contribution in [-0.4, -0.2) is 15.1 Å². The first-order valence-electron chi connectivity index (χ1n) is 6.80. The number of benzene rings is 1. The van der Waals surface area contributed by atoms with Gasteiger partial charge in [-0.15, -0.1) is 0 Å². The van der Waals surface area contributed by atoms with Crippen LogP contribution in [0.2, 0.25) is 5.15 Å². The standard InChI is InChI=1S/C16H20BrClN2/c1-11-5-4-6-13(7-11)8-14(10-17)9-15-12(2)19-20(3)16(15)18/h4-7,14H,8-10H2,1-3H3. The van der Waals surface area contributed by atoms with E-state index in [2.05, 4.69) is 52.2 Å². The second-order valence-corrected chi connectivity index (χ2v) is 6.40. The van der Waals surface area contributed by atoms with Crippen LogP contribution in [-0.2, 0) is 19.9 Å². The van der Waals surface area contributed by atoms with Crippen molar-refractivity contribution in [3.8, 4) is 0 Å². The van der Waals surface area contributed by atoms with Gasteiger partial charge in [0.25, 0.3) is 0 Å². The Morgan fingerprint density at radius 1 is 1.30 bits per heavy atom. The summed E-state index contributed by atoms with van der Waals surface area (Å²) in [6, 6.07) is 8.71. The van der Waals surface area contributed by atoms with Crippen LogP contribution in [0.15, 0.2) is 24.3 Å². The number of nitrogens with zero attached hydrogens (tertiary/aromatic N) is 2. The molecular formula is C16H20BrClN2. The number of rotatable bonds is 5. The summed E-state index contributed by atoms with van der Waals surface area (Å²) in [4.78, 5) is 0. The average Bonchev–Trinajstić information content (AvgIpc) is 2.64. The molecule has 2 aromatic rings. The molecule has 0 N–H and O–H groups in total. The normalized spacial score (nSPS) is 12.7. The lowest BCUT2D eigenvalue weighted by Crippen LogP contribution is -2.10. The molecule has 1 atom stereocenters. The number of alkyl halides is 1. The molecular weight excluding hydrogens is 336 g/mol. The fourth-order valence-corrected chi connectivity index (χ4v) is 3.26. The molecule has 1 aromatic carbocycles. The van der Waals surface area contributed by atoms with Crippen LogP contribution in [0.5, 0.6) is 0 Å². The largest absolute Gasteiger partial charge is 0.257 e. The van der Waals surface area contributed by atoms with Gasteiger partial charge in [0.15, 0.2) is 0 Å². The maximum atomic E-state index is 6.33. The van der Waals surface area contributed by atoms with E-state index in [0.29, 0.717) is 5.92 Å². The lowest BCUT2D eigenvalue weighted by atomic mass is 9.94. The molecule has 1 aromatic heterocycles. The second kappa shape index (κ2) is 6.77. The molecule has 1 unspecified atom stereocenters. The molecule has 0 radical (unpaired) electrons. The van der Waals surface area contributed by atoms with E-state index in [1.54, 1.807) is 4.68 Å². The summed E-state index contributed by atoms with van der Waals surface area (Å²) in [5.41, 5.74) is 4.90. The van der Waals surface area contributed by atoms with Crippen molar-refractivity contribution < 1.29 is 0 Å². The molecule has 0 amide bonds. The Morgan fingerprint density at radius 3 is 2.60 bits per heavy atom. The van der Waals surface area contributed by atoms with Gasteiger partial charge in [-0.05, 0) is 38.2 Å². The first kappa shape index (κ1) is 15.6. The molecule has 0 aliphatic rings. The zero-order valence-corrected chi connectivity index (χ0v) is 14.5. The Balaban J connectivity index is 2.13. The molecule has 0 spiro atoms. The summed E-state index contributed by atoms with van der Waals surface area (Å²) in [6.45, 7) is 4.16. The minimum atomic E-state index is 0.525. The molecule has 2 nitrogen and oxygen atoms in total. The van der Waals surface area contributed by atoms with Gasteiger partial charge in [0.1, 0.15) is 5.15 Å². The average molecular weight is 356 g/mol. The predicted molar refractivity (Wildman–Crippen MR) is 88.8 cm³/mol. The highest BCUT2D eigenvalue weighted by Gasteiger charge is 2.17. The van der Waals surface area contributed by atoms with Gasteiger partial charge in [-0.25, -0.2) is 0 Å². The van der Waals surface area contributed by atoms with Crippen LogP contribution in [0.4, 0.5) is 0 Å². The SMILES string of the molecule is Cc1cccc(CC(CBr)Cc2c(C)nn(C)c2Cl)c1. The third-order valence-electron chi connectivity index (χ3n) is 3.59. The van der Waals surface area contributed by atoms with Crippen molar-refractivity contribution in [1.29, 1.82) is 0 Å². The number of aryl methyl sites for hydroxylation is 3. The molecule has 0 bridgehead atoms. The minimum Gasteiger partial charge on any atom is -0.257 e. The maximum absolute atomic E-state index is 6.33. The fourth-order valence-electron chi connectivity index (χ4n) is 2.55. The van der Waals surface area contributed by atoms with Gasteiger partial charge in [-0.1, -0.05) is 57.4 Å². The van der Waals surface area contributed by atoms with E-state index in [-0.39, 0.29) is 0 Å². The molecule has 2 rings (SSSR count). The molecule has 1 heterocycles. The van der Waals surface area contributed by atoms with Gasteiger partial charge >= 0.3 is 0 Å². The Hall–Kier alpha value is -0.800. The van der Waals surface area contributed by atoms with Gasteiger partial charge in [0.2, 0.25) is 0 Å². The number of aromatic nitrogens is 2. The van der Waals surface area contributed by atoms with Crippen LogP contribution in [0, 0.1) is 19.8 Å². The van der Waals surface area contributed by atoms with Crippen molar-refractivity contribution in [2.45, 2.75) is 26.7 Å². The van der Waals surface area contributed by atoms with Crippen LogP contribution >= 0.6 is 27.5 Å². The topological polar surface area (TPSA) is 17.8 Å². The summed E-state index contributed by atoms with van der Waals surface area (Å²) in [5.74, 6) is 0.525. The van der Waals surface area contributed by atoms with Gasteiger partial charge < -0.3 is 0 Å². The van der Waals surface area contributed by atoms with Crippen molar-refractivity contribution in [2.75, 3.05) is 5.33 Å². The fraction of sp³-hybridized carbons (Fsp3) is 0.438. The minimum absolute atomic E-state index is 0.525. The monoisotopic (exact) mass is 354 g/mol. The molecule has 20 heavy (non-hydrogen) atoms. The van der Waals surface area contributed by atoms with Crippen molar-refractivity contribution in [2.24, 2.45) is 13.0 Å². The highest BCUT2D eigenvalue weighted by atomic mass is 79.9. The Kier molecular flexibility index (Phi) is 5.28. The lowest BCUT2D eigenvalue weighted by molar-refractivity contribution is 0.589. The Labute approximate surface area is 134 Å². The van der Waals surface area contributed by atoms with E-state index in [9.17, 15) is 0 Å². The zero-order valence-electron chi connectivity index (χ0n) is 12.2. The van der Waals surface area contributed by atoms with Gasteiger partial charge in [0.05, 0.1) is 5.69 Å². The third kappa shape index (κ3) is 3.64. The van der Waals surface area contributed by atoms with E-state index in [1.165, 1.54) is 16.7 Å². The van der Waals surface area contributed by atoms with Gasteiger partial charge in [0, 0.05) is 17.9 Å². The first-order valence-corrected chi connectivity index (χ1v) is 8.30. The first-order chi connectivity index (χ1) is 9.51. The molecule has 4 heteroatoms. The summed E-state index contributed by atoms with van der Waals surface area (Å²) in [7, 11) is 1.89. The van der Waals surface area contributed by atoms with E-state index >= 15 is 0 Å². The van der Waals surface area contributed by atoms with Crippen LogP contribution in [0.3, 0.4) is 0 Å². The predicted octanol–water partition coefficient (Wildman–Crippen LogP) is 4.49. The van der Waals surface area contributed by atoms with Crippen LogP contribution < -0.4 is 0 Å². The van der Waals surface area contributed by atoms with Gasteiger partial charge in [-0.2, -0.15) is 5.10 Å². The van der Waals surface area contributed by atoms with Crippen LogP contribution in [0.1, 0.15) is 22.4 Å². The van der Waals surface area contributed by atoms with E-state index < -0.39 is 0 Å². The smallest absolute Gasteiger partial charge is 0.130 e. The Morgan fingerprint density at radius 2 is 2.05 bits per heavy atom. The van der Waals surface area contributed by atoms with E-state index in [0.717, 1.165) is 29.0 Å². The van der Waals surface area contributed by atoms with Crippen molar-refractivity contribution in [3.05, 3.63) is 51.8 Å². The number of halogens is 2.